The Bertz CT molecular complexity index is 572. The highest BCUT2D eigenvalue weighted by atomic mass is 28.3. The van der Waals surface area contributed by atoms with Gasteiger partial charge in [0, 0.05) is 0 Å². The number of rotatable bonds is 5. The van der Waals surface area contributed by atoms with Crippen LogP contribution in [0.15, 0.2) is 42.5 Å². The molecule has 0 N–H and O–H groups in total. The molecule has 0 bridgehead atoms. The molecule has 124 valence electrons. The van der Waals surface area contributed by atoms with E-state index in [1.165, 1.54) is 42.9 Å². The van der Waals surface area contributed by atoms with Crippen molar-refractivity contribution in [3.63, 3.8) is 0 Å². The van der Waals surface area contributed by atoms with Crippen LogP contribution >= 0.6 is 0 Å². The molecule has 0 radical (unpaired) electrons. The summed E-state index contributed by atoms with van der Waals surface area (Å²) in [5.41, 5.74) is 3.84. The quantitative estimate of drug-likeness (QED) is 0.590. The molecule has 0 amide bonds. The van der Waals surface area contributed by atoms with Crippen molar-refractivity contribution in [2.24, 2.45) is 11.8 Å². The van der Waals surface area contributed by atoms with E-state index in [2.05, 4.69) is 69.8 Å². The third-order valence-electron chi connectivity index (χ3n) is 6.32. The van der Waals surface area contributed by atoms with Crippen molar-refractivity contribution in [3.8, 4) is 0 Å². The van der Waals surface area contributed by atoms with E-state index in [1.54, 1.807) is 5.19 Å². The van der Waals surface area contributed by atoms with Crippen LogP contribution in [0.4, 0.5) is 0 Å². The molecule has 1 aromatic rings. The van der Waals surface area contributed by atoms with E-state index in [9.17, 15) is 0 Å². The first-order valence-corrected chi connectivity index (χ1v) is 12.2. The number of allylic oxidation sites excluding steroid dienone is 4. The Kier molecular flexibility index (Phi) is 4.96. The van der Waals surface area contributed by atoms with Crippen LogP contribution in [0, 0.1) is 25.7 Å². The van der Waals surface area contributed by atoms with Crippen LogP contribution in [0.25, 0.3) is 0 Å². The minimum Gasteiger partial charge on any atom is -0.0808 e. The average Bonchev–Trinajstić information content (AvgIpc) is 2.96. The van der Waals surface area contributed by atoms with Gasteiger partial charge in [0.15, 0.2) is 0 Å². The molecule has 1 aromatic carbocycles. The lowest BCUT2D eigenvalue weighted by Gasteiger charge is -2.35. The summed E-state index contributed by atoms with van der Waals surface area (Å²) >= 11 is 0. The summed E-state index contributed by atoms with van der Waals surface area (Å²) in [4.78, 5) is 0. The number of fused-ring (bicyclic) bond motifs is 1. The molecule has 3 unspecified atom stereocenters. The van der Waals surface area contributed by atoms with E-state index in [0.717, 1.165) is 17.4 Å². The molecule has 3 atom stereocenters. The fourth-order valence-corrected chi connectivity index (χ4v) is 9.87. The molecule has 1 saturated carbocycles. The van der Waals surface area contributed by atoms with E-state index in [-0.39, 0.29) is 0 Å². The van der Waals surface area contributed by atoms with Crippen molar-refractivity contribution >= 4 is 13.3 Å². The van der Waals surface area contributed by atoms with Gasteiger partial charge in [-0.05, 0) is 44.1 Å². The molecule has 1 heteroatoms. The minimum absolute atomic E-state index is 0.810. The van der Waals surface area contributed by atoms with Gasteiger partial charge in [0.1, 0.15) is 0 Å². The maximum atomic E-state index is 2.69. The van der Waals surface area contributed by atoms with Crippen LogP contribution in [0.2, 0.25) is 18.1 Å². The second-order valence-corrected chi connectivity index (χ2v) is 12.9. The second kappa shape index (κ2) is 6.81. The summed E-state index contributed by atoms with van der Waals surface area (Å²) in [5.74, 6) is 1.62. The molecule has 0 aromatic heterocycles. The fourth-order valence-electron chi connectivity index (χ4n) is 4.91. The van der Waals surface area contributed by atoms with Gasteiger partial charge >= 0.3 is 0 Å². The van der Waals surface area contributed by atoms with E-state index >= 15 is 0 Å². The number of hydrogen-bond donors (Lipinski definition) is 0. The highest BCUT2D eigenvalue weighted by Crippen LogP contribution is 2.49. The molecule has 0 aliphatic heterocycles. The van der Waals surface area contributed by atoms with Crippen molar-refractivity contribution in [1.82, 2.24) is 0 Å². The summed E-state index contributed by atoms with van der Waals surface area (Å²) < 4.78 is 0. The first-order valence-electron chi connectivity index (χ1n) is 9.46. The lowest BCUT2D eigenvalue weighted by atomic mass is 9.92. The first-order chi connectivity index (χ1) is 11.0. The standard InChI is InChI=1S/C22H32Si/c1-5-6-11-23(4,21-13-17(2)12-18(3)14-21)22-15-19-9-7-8-10-20(19)16-22/h7-10,12-14,19-20,22H,5-6,11,15-16H2,1-4H3. The minimum atomic E-state index is -1.43. The predicted octanol–water partition coefficient (Wildman–Crippen LogP) is 5.91. The van der Waals surface area contributed by atoms with Crippen molar-refractivity contribution in [1.29, 1.82) is 0 Å². The van der Waals surface area contributed by atoms with Gasteiger partial charge in [-0.25, -0.2) is 0 Å². The molecule has 0 heterocycles. The Labute approximate surface area is 143 Å². The van der Waals surface area contributed by atoms with Crippen LogP contribution in [0.3, 0.4) is 0 Å². The van der Waals surface area contributed by atoms with Crippen molar-refractivity contribution in [2.75, 3.05) is 0 Å². The lowest BCUT2D eigenvalue weighted by Crippen LogP contribution is -2.48. The van der Waals surface area contributed by atoms with Crippen molar-refractivity contribution in [2.45, 2.75) is 64.6 Å². The summed E-state index contributed by atoms with van der Waals surface area (Å²) in [5, 5.41) is 1.72. The smallest absolute Gasteiger partial charge is 0.0808 e. The summed E-state index contributed by atoms with van der Waals surface area (Å²) in [7, 11) is -1.43. The van der Waals surface area contributed by atoms with Crippen LogP contribution in [0.5, 0.6) is 0 Å². The van der Waals surface area contributed by atoms with E-state index < -0.39 is 8.07 Å². The molecular formula is C22H32Si. The Morgan fingerprint density at radius 1 is 0.957 bits per heavy atom. The van der Waals surface area contributed by atoms with E-state index in [4.69, 9.17) is 0 Å². The number of benzene rings is 1. The van der Waals surface area contributed by atoms with Crippen LogP contribution in [-0.2, 0) is 0 Å². The third kappa shape index (κ3) is 3.40. The third-order valence-corrected chi connectivity index (χ3v) is 11.6. The fraction of sp³-hybridized carbons (Fsp3) is 0.545. The molecule has 2 aliphatic carbocycles. The summed E-state index contributed by atoms with van der Waals surface area (Å²) in [6, 6.07) is 8.83. The molecule has 1 fully saturated rings. The van der Waals surface area contributed by atoms with Crippen LogP contribution < -0.4 is 5.19 Å². The number of unbranched alkanes of at least 4 members (excludes halogenated alkanes) is 1. The molecule has 0 saturated heterocycles. The Hall–Kier alpha value is -1.08. The van der Waals surface area contributed by atoms with Gasteiger partial charge in [-0.2, -0.15) is 0 Å². The topological polar surface area (TPSA) is 0 Å². The summed E-state index contributed by atoms with van der Waals surface area (Å²) in [6.07, 6.45) is 15.0. The zero-order valence-corrected chi connectivity index (χ0v) is 16.3. The largest absolute Gasteiger partial charge is 0.0867 e. The Morgan fingerprint density at radius 2 is 1.52 bits per heavy atom. The van der Waals surface area contributed by atoms with Gasteiger partial charge in [-0.1, -0.05) is 91.2 Å². The number of aryl methyl sites for hydroxylation is 2. The van der Waals surface area contributed by atoms with E-state index in [0.29, 0.717) is 0 Å². The second-order valence-electron chi connectivity index (χ2n) is 8.16. The zero-order chi connectivity index (χ0) is 16.4. The van der Waals surface area contributed by atoms with Gasteiger partial charge in [0.25, 0.3) is 0 Å². The number of hydrogen-bond acceptors (Lipinski definition) is 0. The molecule has 23 heavy (non-hydrogen) atoms. The van der Waals surface area contributed by atoms with Crippen molar-refractivity contribution in [3.05, 3.63) is 53.6 Å². The van der Waals surface area contributed by atoms with Crippen LogP contribution in [0.1, 0.15) is 43.7 Å². The van der Waals surface area contributed by atoms with Gasteiger partial charge in [-0.15, -0.1) is 0 Å². The Balaban J connectivity index is 1.93. The van der Waals surface area contributed by atoms with Crippen molar-refractivity contribution < 1.29 is 0 Å². The maximum Gasteiger partial charge on any atom is 0.0867 e. The normalized spacial score (nSPS) is 28.6. The molecule has 2 aliphatic rings. The highest BCUT2D eigenvalue weighted by molar-refractivity contribution is 6.92. The van der Waals surface area contributed by atoms with E-state index in [1.807, 2.05) is 0 Å². The monoisotopic (exact) mass is 324 g/mol. The summed E-state index contributed by atoms with van der Waals surface area (Å²) in [6.45, 7) is 9.57. The van der Waals surface area contributed by atoms with Gasteiger partial charge in [0.2, 0.25) is 0 Å². The first kappa shape index (κ1) is 16.8. The Morgan fingerprint density at radius 3 is 2.04 bits per heavy atom. The molecule has 0 nitrogen and oxygen atoms in total. The lowest BCUT2D eigenvalue weighted by molar-refractivity contribution is 0.552. The highest BCUT2D eigenvalue weighted by Gasteiger charge is 2.44. The molecular weight excluding hydrogens is 292 g/mol. The van der Waals surface area contributed by atoms with Gasteiger partial charge < -0.3 is 0 Å². The molecule has 3 rings (SSSR count). The predicted molar refractivity (Wildman–Crippen MR) is 105 cm³/mol. The van der Waals surface area contributed by atoms with Crippen LogP contribution in [-0.4, -0.2) is 8.07 Å². The van der Waals surface area contributed by atoms with Gasteiger partial charge in [-0.3, -0.25) is 0 Å². The molecule has 0 spiro atoms. The maximum absolute atomic E-state index is 2.69. The zero-order valence-electron chi connectivity index (χ0n) is 15.3. The SMILES string of the molecule is CCCC[Si](C)(c1cc(C)cc(C)c1)C1CC2C=CC=CC2C1. The van der Waals surface area contributed by atoms with Gasteiger partial charge in [0.05, 0.1) is 8.07 Å². The average molecular weight is 325 g/mol.